The summed E-state index contributed by atoms with van der Waals surface area (Å²) in [6.45, 7) is 15.5. The number of rotatable bonds is 8. The van der Waals surface area contributed by atoms with E-state index in [2.05, 4.69) is 40.4 Å². The van der Waals surface area contributed by atoms with E-state index in [1.807, 2.05) is 24.3 Å². The number of hydrogen-bond acceptors (Lipinski definition) is 5. The predicted molar refractivity (Wildman–Crippen MR) is 110 cm³/mol. The highest BCUT2D eigenvalue weighted by Gasteiger charge is 2.50. The predicted octanol–water partition coefficient (Wildman–Crippen LogP) is 4.53. The molecule has 0 aromatic heterocycles. The Bertz CT molecular complexity index is 608. The van der Waals surface area contributed by atoms with Crippen LogP contribution in [0.3, 0.4) is 0 Å². The van der Waals surface area contributed by atoms with Crippen molar-refractivity contribution in [2.24, 2.45) is 0 Å². The van der Waals surface area contributed by atoms with Crippen LogP contribution >= 0.6 is 0 Å². The summed E-state index contributed by atoms with van der Waals surface area (Å²) in [5.74, 6) is 0.825. The van der Waals surface area contributed by atoms with Crippen molar-refractivity contribution in [1.82, 2.24) is 0 Å². The molecule has 0 saturated carbocycles. The molecule has 1 aliphatic rings. The summed E-state index contributed by atoms with van der Waals surface area (Å²) in [6.07, 6.45) is 0.450. The number of hydrogen-bond donors (Lipinski definition) is 0. The zero-order chi connectivity index (χ0) is 20.2. The lowest BCUT2D eigenvalue weighted by Crippen LogP contribution is -2.50. The van der Waals surface area contributed by atoms with Crippen LogP contribution in [-0.2, 0) is 25.2 Å². The average Bonchev–Trinajstić information content (AvgIpc) is 2.95. The van der Waals surface area contributed by atoms with Gasteiger partial charge < -0.3 is 23.4 Å². The SMILES string of the molecule is C=C[C@H]1O[C@H](OC)[C@H](O[Si](C)(C)C(C)(C)C)[C@@H]1OCc1ccc(OC)cc1. The first kappa shape index (κ1) is 22.1. The largest absolute Gasteiger partial charge is 0.497 e. The summed E-state index contributed by atoms with van der Waals surface area (Å²) in [5, 5.41) is 0.0814. The highest BCUT2D eigenvalue weighted by molar-refractivity contribution is 6.74. The van der Waals surface area contributed by atoms with Crippen LogP contribution in [0, 0.1) is 0 Å². The van der Waals surface area contributed by atoms with Crippen molar-refractivity contribution >= 4 is 8.32 Å². The highest BCUT2D eigenvalue weighted by atomic mass is 28.4. The third kappa shape index (κ3) is 5.21. The second-order valence-corrected chi connectivity index (χ2v) is 13.2. The molecule has 0 N–H and O–H groups in total. The minimum Gasteiger partial charge on any atom is -0.497 e. The minimum absolute atomic E-state index is 0.0814. The smallest absolute Gasteiger partial charge is 0.192 e. The molecule has 0 bridgehead atoms. The van der Waals surface area contributed by atoms with Crippen LogP contribution in [0.5, 0.6) is 5.75 Å². The second kappa shape index (κ2) is 8.88. The van der Waals surface area contributed by atoms with Gasteiger partial charge >= 0.3 is 0 Å². The van der Waals surface area contributed by atoms with E-state index in [4.69, 9.17) is 23.4 Å². The van der Waals surface area contributed by atoms with Crippen molar-refractivity contribution in [3.63, 3.8) is 0 Å². The fourth-order valence-electron chi connectivity index (χ4n) is 2.77. The van der Waals surface area contributed by atoms with Gasteiger partial charge in [-0.25, -0.2) is 0 Å². The highest BCUT2D eigenvalue weighted by Crippen LogP contribution is 2.40. The molecule has 1 heterocycles. The molecule has 2 rings (SSSR count). The van der Waals surface area contributed by atoms with Crippen LogP contribution in [0.2, 0.25) is 18.1 Å². The fraction of sp³-hybridized carbons (Fsp3) is 0.619. The lowest BCUT2D eigenvalue weighted by Gasteiger charge is -2.40. The molecule has 1 fully saturated rings. The molecule has 5 nitrogen and oxygen atoms in total. The Hall–Kier alpha value is -1.18. The molecule has 4 atom stereocenters. The molecule has 1 saturated heterocycles. The zero-order valence-electron chi connectivity index (χ0n) is 17.7. The van der Waals surface area contributed by atoms with E-state index in [-0.39, 0.29) is 23.4 Å². The van der Waals surface area contributed by atoms with Gasteiger partial charge in [0.2, 0.25) is 0 Å². The van der Waals surface area contributed by atoms with Crippen molar-refractivity contribution in [3.8, 4) is 5.75 Å². The summed E-state index contributed by atoms with van der Waals surface area (Å²) in [7, 11) is 1.27. The van der Waals surface area contributed by atoms with E-state index in [9.17, 15) is 0 Å². The Morgan fingerprint density at radius 3 is 2.22 bits per heavy atom. The van der Waals surface area contributed by atoms with Crippen molar-refractivity contribution in [2.45, 2.75) is 70.1 Å². The molecule has 0 spiro atoms. The quantitative estimate of drug-likeness (QED) is 0.479. The van der Waals surface area contributed by atoms with Gasteiger partial charge in [0.15, 0.2) is 14.6 Å². The second-order valence-electron chi connectivity index (χ2n) is 8.41. The Kier molecular flexibility index (Phi) is 7.27. The van der Waals surface area contributed by atoms with Gasteiger partial charge in [-0.15, -0.1) is 6.58 Å². The van der Waals surface area contributed by atoms with Crippen LogP contribution in [0.1, 0.15) is 26.3 Å². The van der Waals surface area contributed by atoms with Crippen LogP contribution in [0.25, 0.3) is 0 Å². The first-order valence-corrected chi connectivity index (χ1v) is 12.3. The molecule has 152 valence electrons. The summed E-state index contributed by atoms with van der Waals surface area (Å²) in [4.78, 5) is 0. The van der Waals surface area contributed by atoms with Gasteiger partial charge in [0.25, 0.3) is 0 Å². The summed E-state index contributed by atoms with van der Waals surface area (Å²) >= 11 is 0. The molecule has 0 aliphatic carbocycles. The molecule has 0 amide bonds. The van der Waals surface area contributed by atoms with Crippen molar-refractivity contribution in [2.75, 3.05) is 14.2 Å². The molecule has 6 heteroatoms. The van der Waals surface area contributed by atoms with E-state index < -0.39 is 14.6 Å². The minimum atomic E-state index is -2.02. The number of benzene rings is 1. The van der Waals surface area contributed by atoms with Gasteiger partial charge in [0, 0.05) is 7.11 Å². The van der Waals surface area contributed by atoms with E-state index in [1.54, 1.807) is 20.3 Å². The first-order valence-electron chi connectivity index (χ1n) is 9.36. The van der Waals surface area contributed by atoms with E-state index in [1.165, 1.54) is 0 Å². The van der Waals surface area contributed by atoms with Crippen LogP contribution < -0.4 is 4.74 Å². The zero-order valence-corrected chi connectivity index (χ0v) is 18.7. The van der Waals surface area contributed by atoms with Crippen molar-refractivity contribution in [1.29, 1.82) is 0 Å². The lowest BCUT2D eigenvalue weighted by molar-refractivity contribution is -0.139. The third-order valence-corrected chi connectivity index (χ3v) is 9.98. The third-order valence-electron chi connectivity index (χ3n) is 5.51. The van der Waals surface area contributed by atoms with E-state index >= 15 is 0 Å². The summed E-state index contributed by atoms with van der Waals surface area (Å²) in [5.41, 5.74) is 1.06. The normalized spacial score (nSPS) is 26.2. The summed E-state index contributed by atoms with van der Waals surface area (Å²) in [6, 6.07) is 7.84. The topological polar surface area (TPSA) is 46.2 Å². The molecule has 1 aliphatic heterocycles. The van der Waals surface area contributed by atoms with Crippen LogP contribution in [0.4, 0.5) is 0 Å². The fourth-order valence-corrected chi connectivity index (χ4v) is 4.05. The molecule has 0 unspecified atom stereocenters. The van der Waals surface area contributed by atoms with Crippen molar-refractivity contribution < 1.29 is 23.4 Å². The monoisotopic (exact) mass is 394 g/mol. The molecule has 1 aromatic rings. The van der Waals surface area contributed by atoms with Gasteiger partial charge in [0.1, 0.15) is 24.1 Å². The average molecular weight is 395 g/mol. The standard InChI is InChI=1S/C21H34O5Si/c1-9-17-18(24-14-15-10-12-16(22-5)13-11-15)19(20(23-6)25-17)26-27(7,8)21(2,3)4/h9-13,17-20H,1,14H2,2-8H3/t17-,18-,19-,20+/m1/s1. The van der Waals surface area contributed by atoms with Gasteiger partial charge in [-0.05, 0) is 35.8 Å². The first-order chi connectivity index (χ1) is 12.6. The maximum Gasteiger partial charge on any atom is 0.192 e. The summed E-state index contributed by atoms with van der Waals surface area (Å²) < 4.78 is 29.6. The Labute approximate surface area is 164 Å². The van der Waals surface area contributed by atoms with Crippen molar-refractivity contribution in [3.05, 3.63) is 42.5 Å². The molecule has 1 aromatic carbocycles. The number of methoxy groups -OCH3 is 2. The lowest BCUT2D eigenvalue weighted by atomic mass is 10.1. The maximum atomic E-state index is 6.63. The molecule has 27 heavy (non-hydrogen) atoms. The van der Waals surface area contributed by atoms with Crippen LogP contribution in [0.15, 0.2) is 36.9 Å². The van der Waals surface area contributed by atoms with Gasteiger partial charge in [-0.1, -0.05) is 39.0 Å². The number of ether oxygens (including phenoxy) is 4. The van der Waals surface area contributed by atoms with Gasteiger partial charge in [0.05, 0.1) is 13.7 Å². The maximum absolute atomic E-state index is 6.63. The van der Waals surface area contributed by atoms with Gasteiger partial charge in [-0.3, -0.25) is 0 Å². The van der Waals surface area contributed by atoms with E-state index in [0.29, 0.717) is 6.61 Å². The molecule has 0 radical (unpaired) electrons. The Morgan fingerprint density at radius 2 is 1.74 bits per heavy atom. The Balaban J connectivity index is 2.16. The molecular formula is C21H34O5Si. The van der Waals surface area contributed by atoms with Gasteiger partial charge in [-0.2, -0.15) is 0 Å². The van der Waals surface area contributed by atoms with E-state index in [0.717, 1.165) is 11.3 Å². The van der Waals surface area contributed by atoms with Crippen LogP contribution in [-0.4, -0.2) is 47.1 Å². The molecular weight excluding hydrogens is 360 g/mol. The Morgan fingerprint density at radius 1 is 1.11 bits per heavy atom.